The molecule has 0 aromatic rings. The molecule has 150 valence electrons. The Hall–Kier alpha value is -0.630. The van der Waals surface area contributed by atoms with Crippen LogP contribution in [0.4, 0.5) is 0 Å². The van der Waals surface area contributed by atoms with Crippen LogP contribution in [-0.4, -0.2) is 18.9 Å². The first-order chi connectivity index (χ1) is 12.9. The number of fused-ring (bicyclic) bond motifs is 5. The molecule has 2 nitrogen and oxygen atoms in total. The fourth-order valence-corrected chi connectivity index (χ4v) is 8.38. The van der Waals surface area contributed by atoms with Crippen molar-refractivity contribution in [2.75, 3.05) is 13.1 Å². The molecule has 0 aromatic carbocycles. The molecule has 0 amide bonds. The molecular weight excluding hydrogens is 330 g/mol. The van der Waals surface area contributed by atoms with Crippen LogP contribution in [0.3, 0.4) is 0 Å². The molecule has 1 N–H and O–H groups in total. The average Bonchev–Trinajstić information content (AvgIpc) is 2.90. The highest BCUT2D eigenvalue weighted by atomic mass is 16.1. The zero-order valence-corrected chi connectivity index (χ0v) is 17.7. The predicted molar refractivity (Wildman–Crippen MR) is 110 cm³/mol. The van der Waals surface area contributed by atoms with Gasteiger partial charge >= 0.3 is 0 Å². The number of Topliss-reactive ketones (excluding diaryl/α,β-unsaturated/α-hetero) is 1. The number of nitrogens with one attached hydrogen (secondary N) is 1. The molecule has 0 spiro atoms. The van der Waals surface area contributed by atoms with Gasteiger partial charge in [0.1, 0.15) is 5.78 Å². The maximum atomic E-state index is 12.7. The zero-order valence-electron chi connectivity index (χ0n) is 17.7. The minimum Gasteiger partial charge on any atom is -0.315 e. The summed E-state index contributed by atoms with van der Waals surface area (Å²) in [5, 5.41) is 3.39. The van der Waals surface area contributed by atoms with Crippen LogP contribution in [-0.2, 0) is 4.79 Å². The first-order valence-corrected chi connectivity index (χ1v) is 11.8. The summed E-state index contributed by atoms with van der Waals surface area (Å²) in [6.45, 7) is 9.87. The van der Waals surface area contributed by atoms with E-state index in [0.29, 0.717) is 17.1 Å². The van der Waals surface area contributed by atoms with Crippen molar-refractivity contribution >= 4 is 5.78 Å². The summed E-state index contributed by atoms with van der Waals surface area (Å²) in [7, 11) is 0. The Morgan fingerprint density at radius 1 is 0.963 bits per heavy atom. The molecule has 8 atom stereocenters. The van der Waals surface area contributed by atoms with Gasteiger partial charge in [-0.25, -0.2) is 0 Å². The van der Waals surface area contributed by atoms with E-state index in [1.165, 1.54) is 58.0 Å². The number of hydrogen-bond acceptors (Lipinski definition) is 2. The quantitative estimate of drug-likeness (QED) is 0.675. The lowest BCUT2D eigenvalue weighted by molar-refractivity contribution is -0.148. The second-order valence-corrected chi connectivity index (χ2v) is 11.5. The summed E-state index contributed by atoms with van der Waals surface area (Å²) < 4.78 is 0. The monoisotopic (exact) mass is 369 g/mol. The minimum atomic E-state index is 0.0232. The van der Waals surface area contributed by atoms with Gasteiger partial charge in [0.05, 0.1) is 0 Å². The summed E-state index contributed by atoms with van der Waals surface area (Å²) in [5.74, 6) is 6.27. The van der Waals surface area contributed by atoms with Gasteiger partial charge in [0.2, 0.25) is 0 Å². The average molecular weight is 370 g/mol. The zero-order chi connectivity index (χ0) is 18.8. The van der Waals surface area contributed by atoms with Gasteiger partial charge in [-0.3, -0.25) is 4.79 Å². The van der Waals surface area contributed by atoms with Crippen LogP contribution in [0.5, 0.6) is 0 Å². The molecule has 0 bridgehead atoms. The largest absolute Gasteiger partial charge is 0.315 e. The molecule has 0 radical (unpaired) electrons. The molecule has 4 aliphatic carbocycles. The Balaban J connectivity index is 1.35. The van der Waals surface area contributed by atoms with Crippen molar-refractivity contribution in [3.8, 4) is 0 Å². The number of rotatable bonds is 2. The topological polar surface area (TPSA) is 29.1 Å². The van der Waals surface area contributed by atoms with E-state index < -0.39 is 0 Å². The van der Waals surface area contributed by atoms with Crippen LogP contribution in [0.25, 0.3) is 0 Å². The molecule has 1 heterocycles. The third-order valence-electron chi connectivity index (χ3n) is 10.2. The number of allylic oxidation sites excluding steroid dienone is 1. The molecule has 5 rings (SSSR count). The van der Waals surface area contributed by atoms with Gasteiger partial charge in [0.25, 0.3) is 0 Å². The smallest absolute Gasteiger partial charge is 0.139 e. The van der Waals surface area contributed by atoms with E-state index in [2.05, 4.69) is 38.2 Å². The van der Waals surface area contributed by atoms with Crippen LogP contribution in [0.2, 0.25) is 0 Å². The van der Waals surface area contributed by atoms with Gasteiger partial charge in [-0.05, 0) is 85.9 Å². The highest BCUT2D eigenvalue weighted by Gasteiger charge is 2.61. The second kappa shape index (κ2) is 6.44. The van der Waals surface area contributed by atoms with E-state index in [1.54, 1.807) is 0 Å². The Bertz CT molecular complexity index is 636. The summed E-state index contributed by atoms with van der Waals surface area (Å²) >= 11 is 0. The number of carbonyl (C=O) groups is 1. The predicted octanol–water partition coefficient (Wildman–Crippen LogP) is 5.24. The lowest BCUT2D eigenvalue weighted by Gasteiger charge is -2.62. The maximum Gasteiger partial charge on any atom is 0.139 e. The van der Waals surface area contributed by atoms with E-state index in [4.69, 9.17) is 0 Å². The second-order valence-electron chi connectivity index (χ2n) is 11.5. The van der Waals surface area contributed by atoms with Gasteiger partial charge in [-0.2, -0.15) is 0 Å². The number of ketones is 1. The summed E-state index contributed by atoms with van der Waals surface area (Å²) in [6, 6.07) is 0. The molecule has 4 saturated carbocycles. The Labute approximate surface area is 165 Å². The van der Waals surface area contributed by atoms with Crippen LogP contribution >= 0.6 is 0 Å². The minimum absolute atomic E-state index is 0.0232. The van der Waals surface area contributed by atoms with Crippen molar-refractivity contribution in [3.05, 3.63) is 12.2 Å². The van der Waals surface area contributed by atoms with Gasteiger partial charge in [0.15, 0.2) is 0 Å². The highest BCUT2D eigenvalue weighted by molar-refractivity contribution is 5.87. The van der Waals surface area contributed by atoms with Crippen LogP contribution in [0, 0.1) is 52.3 Å². The van der Waals surface area contributed by atoms with Crippen molar-refractivity contribution in [1.29, 1.82) is 0 Å². The van der Waals surface area contributed by atoms with Gasteiger partial charge in [0, 0.05) is 30.8 Å². The standard InChI is InChI=1S/C25H39NO/c1-16-12-19-13-17(4-5-18-14-26-15-18)8-10-24(19,2)21-9-11-25(3)20(23(16)21)6-7-22(25)27/h4-5,16-21,23,26H,6-15H2,1-3H3/t16?,17?,19?,20-,21+,23-,24-,25-/m0/s1. The van der Waals surface area contributed by atoms with Crippen molar-refractivity contribution in [2.24, 2.45) is 52.3 Å². The van der Waals surface area contributed by atoms with E-state index >= 15 is 0 Å². The van der Waals surface area contributed by atoms with Gasteiger partial charge in [-0.1, -0.05) is 32.9 Å². The molecule has 3 unspecified atom stereocenters. The van der Waals surface area contributed by atoms with Crippen molar-refractivity contribution in [1.82, 2.24) is 5.32 Å². The third-order valence-corrected chi connectivity index (χ3v) is 10.2. The summed E-state index contributed by atoms with van der Waals surface area (Å²) in [6.07, 6.45) is 15.3. The van der Waals surface area contributed by atoms with E-state index in [-0.39, 0.29) is 5.41 Å². The molecule has 0 aromatic heterocycles. The lowest BCUT2D eigenvalue weighted by Crippen LogP contribution is -2.56. The number of carbonyl (C=O) groups excluding carboxylic acids is 1. The fourth-order valence-electron chi connectivity index (χ4n) is 8.38. The Kier molecular flexibility index (Phi) is 4.39. The van der Waals surface area contributed by atoms with Gasteiger partial charge < -0.3 is 5.32 Å². The summed E-state index contributed by atoms with van der Waals surface area (Å²) in [5.41, 5.74) is 0.557. The molecule has 1 saturated heterocycles. The Morgan fingerprint density at radius 3 is 2.48 bits per heavy atom. The maximum absolute atomic E-state index is 12.7. The van der Waals surface area contributed by atoms with E-state index in [9.17, 15) is 4.79 Å². The first kappa shape index (κ1) is 18.4. The first-order valence-electron chi connectivity index (χ1n) is 11.8. The van der Waals surface area contributed by atoms with E-state index in [1.807, 2.05) is 0 Å². The SMILES string of the molecule is CC1CC2CC(C=CC3CNC3)CC[C@]2(C)[C@@H]2CC[C@]3(C)C(=O)CC[C@H]3[C@H]12. The van der Waals surface area contributed by atoms with E-state index in [0.717, 1.165) is 41.9 Å². The normalized spacial score (nSPS) is 52.9. The van der Waals surface area contributed by atoms with Crippen molar-refractivity contribution in [2.45, 2.75) is 72.1 Å². The van der Waals surface area contributed by atoms with Gasteiger partial charge in [-0.15, -0.1) is 0 Å². The van der Waals surface area contributed by atoms with Crippen LogP contribution in [0.15, 0.2) is 12.2 Å². The molecule has 5 aliphatic rings. The summed E-state index contributed by atoms with van der Waals surface area (Å²) in [4.78, 5) is 12.7. The van der Waals surface area contributed by atoms with Crippen molar-refractivity contribution < 1.29 is 4.79 Å². The number of hydrogen-bond donors (Lipinski definition) is 1. The molecule has 27 heavy (non-hydrogen) atoms. The van der Waals surface area contributed by atoms with Crippen LogP contribution in [0.1, 0.15) is 72.1 Å². The molecule has 2 heteroatoms. The van der Waals surface area contributed by atoms with Crippen LogP contribution < -0.4 is 5.32 Å². The molecular formula is C25H39NO. The van der Waals surface area contributed by atoms with Crippen molar-refractivity contribution in [3.63, 3.8) is 0 Å². The third kappa shape index (κ3) is 2.72. The fraction of sp³-hybridized carbons (Fsp3) is 0.880. The lowest BCUT2D eigenvalue weighted by atomic mass is 9.42. The molecule has 1 aliphatic heterocycles. The highest BCUT2D eigenvalue weighted by Crippen LogP contribution is 2.67. The Morgan fingerprint density at radius 2 is 1.74 bits per heavy atom. The molecule has 5 fully saturated rings.